The largest absolute Gasteiger partial charge is 0.314 e. The van der Waals surface area contributed by atoms with Gasteiger partial charge in [0.2, 0.25) is 0 Å². The molecule has 0 spiro atoms. The molecule has 0 amide bonds. The van der Waals surface area contributed by atoms with Gasteiger partial charge in [-0.15, -0.1) is 0 Å². The van der Waals surface area contributed by atoms with Crippen LogP contribution < -0.4 is 5.32 Å². The van der Waals surface area contributed by atoms with Gasteiger partial charge in [-0.05, 0) is 70.1 Å². The second-order valence-corrected chi connectivity index (χ2v) is 6.48. The van der Waals surface area contributed by atoms with E-state index in [0.29, 0.717) is 5.41 Å². The number of piperidine rings is 1. The summed E-state index contributed by atoms with van der Waals surface area (Å²) in [5.74, 6) is 0. The lowest BCUT2D eigenvalue weighted by Gasteiger charge is -2.41. The predicted molar refractivity (Wildman–Crippen MR) is 78.9 cm³/mol. The molecule has 18 heavy (non-hydrogen) atoms. The first-order valence-electron chi connectivity index (χ1n) is 8.24. The molecule has 0 aromatic heterocycles. The molecule has 0 bridgehead atoms. The third kappa shape index (κ3) is 4.24. The fourth-order valence-corrected chi connectivity index (χ4v) is 3.26. The SMILES string of the molecule is CCC1(CC)CCN(CCCCNC2CC2)CC1. The zero-order valence-corrected chi connectivity index (χ0v) is 12.5. The Bertz CT molecular complexity index is 221. The first-order chi connectivity index (χ1) is 8.78. The minimum atomic E-state index is 0.685. The number of nitrogens with zero attached hydrogens (tertiary/aromatic N) is 1. The smallest absolute Gasteiger partial charge is 0.00682 e. The summed E-state index contributed by atoms with van der Waals surface area (Å²) in [7, 11) is 0. The van der Waals surface area contributed by atoms with Gasteiger partial charge in [0.25, 0.3) is 0 Å². The van der Waals surface area contributed by atoms with Crippen LogP contribution in [-0.2, 0) is 0 Å². The topological polar surface area (TPSA) is 15.3 Å². The number of hydrogen-bond acceptors (Lipinski definition) is 2. The van der Waals surface area contributed by atoms with E-state index in [1.807, 2.05) is 0 Å². The van der Waals surface area contributed by atoms with E-state index >= 15 is 0 Å². The monoisotopic (exact) mass is 252 g/mol. The number of rotatable bonds is 8. The molecule has 2 fully saturated rings. The Hall–Kier alpha value is -0.0800. The zero-order chi connectivity index (χ0) is 12.8. The maximum atomic E-state index is 3.61. The fraction of sp³-hybridized carbons (Fsp3) is 1.00. The summed E-state index contributed by atoms with van der Waals surface area (Å²) in [5.41, 5.74) is 0.685. The van der Waals surface area contributed by atoms with Gasteiger partial charge in [0.05, 0.1) is 0 Å². The average Bonchev–Trinajstić information content (AvgIpc) is 3.23. The Labute approximate surface area is 114 Å². The quantitative estimate of drug-likeness (QED) is 0.666. The van der Waals surface area contributed by atoms with Crippen LogP contribution in [0.2, 0.25) is 0 Å². The molecule has 106 valence electrons. The Morgan fingerprint density at radius 2 is 1.72 bits per heavy atom. The lowest BCUT2D eigenvalue weighted by molar-refractivity contribution is 0.0944. The van der Waals surface area contributed by atoms with E-state index in [4.69, 9.17) is 0 Å². The van der Waals surface area contributed by atoms with Gasteiger partial charge in [0.1, 0.15) is 0 Å². The van der Waals surface area contributed by atoms with Crippen molar-refractivity contribution in [2.75, 3.05) is 26.2 Å². The molecule has 2 rings (SSSR count). The average molecular weight is 252 g/mol. The molecule has 2 heteroatoms. The van der Waals surface area contributed by atoms with Crippen LogP contribution in [0.25, 0.3) is 0 Å². The normalized spacial score (nSPS) is 24.3. The Morgan fingerprint density at radius 1 is 1.06 bits per heavy atom. The van der Waals surface area contributed by atoms with Crippen molar-refractivity contribution in [1.29, 1.82) is 0 Å². The van der Waals surface area contributed by atoms with E-state index in [1.165, 1.54) is 77.5 Å². The van der Waals surface area contributed by atoms with Gasteiger partial charge in [-0.3, -0.25) is 0 Å². The van der Waals surface area contributed by atoms with Gasteiger partial charge in [0, 0.05) is 6.04 Å². The van der Waals surface area contributed by atoms with Crippen LogP contribution in [0.3, 0.4) is 0 Å². The van der Waals surface area contributed by atoms with Gasteiger partial charge in [-0.25, -0.2) is 0 Å². The second kappa shape index (κ2) is 6.91. The zero-order valence-electron chi connectivity index (χ0n) is 12.5. The van der Waals surface area contributed by atoms with Crippen molar-refractivity contribution in [3.8, 4) is 0 Å². The molecule has 1 heterocycles. The van der Waals surface area contributed by atoms with E-state index in [9.17, 15) is 0 Å². The fourth-order valence-electron chi connectivity index (χ4n) is 3.26. The van der Waals surface area contributed by atoms with Crippen molar-refractivity contribution < 1.29 is 0 Å². The molecule has 1 N–H and O–H groups in total. The van der Waals surface area contributed by atoms with Crippen LogP contribution in [0.15, 0.2) is 0 Å². The first-order valence-corrected chi connectivity index (χ1v) is 8.24. The lowest BCUT2D eigenvalue weighted by Crippen LogP contribution is -2.40. The van der Waals surface area contributed by atoms with Crippen LogP contribution in [0, 0.1) is 5.41 Å². The standard InChI is InChI=1S/C16H32N2/c1-3-16(4-2)9-13-18(14-10-16)12-6-5-11-17-15-7-8-15/h15,17H,3-14H2,1-2H3. The van der Waals surface area contributed by atoms with Crippen LogP contribution in [0.1, 0.15) is 65.2 Å². The van der Waals surface area contributed by atoms with Crippen molar-refractivity contribution in [2.24, 2.45) is 5.41 Å². The highest BCUT2D eigenvalue weighted by Gasteiger charge is 2.30. The molecule has 0 aromatic rings. The molecule has 2 nitrogen and oxygen atoms in total. The van der Waals surface area contributed by atoms with Crippen LogP contribution in [0.4, 0.5) is 0 Å². The minimum absolute atomic E-state index is 0.685. The maximum Gasteiger partial charge on any atom is 0.00682 e. The molecular weight excluding hydrogens is 220 g/mol. The van der Waals surface area contributed by atoms with Gasteiger partial charge >= 0.3 is 0 Å². The van der Waals surface area contributed by atoms with E-state index in [-0.39, 0.29) is 0 Å². The predicted octanol–water partition coefficient (Wildman–Crippen LogP) is 3.42. The van der Waals surface area contributed by atoms with E-state index in [2.05, 4.69) is 24.1 Å². The molecule has 1 saturated heterocycles. The van der Waals surface area contributed by atoms with Gasteiger partial charge in [-0.2, -0.15) is 0 Å². The number of nitrogens with one attached hydrogen (secondary N) is 1. The van der Waals surface area contributed by atoms with Crippen molar-refractivity contribution >= 4 is 0 Å². The summed E-state index contributed by atoms with van der Waals surface area (Å²) in [5, 5.41) is 3.61. The highest BCUT2D eigenvalue weighted by atomic mass is 15.1. The van der Waals surface area contributed by atoms with Gasteiger partial charge in [-0.1, -0.05) is 26.7 Å². The summed E-state index contributed by atoms with van der Waals surface area (Å²) in [4.78, 5) is 2.70. The summed E-state index contributed by atoms with van der Waals surface area (Å²) in [6, 6.07) is 0.884. The Balaban J connectivity index is 1.52. The van der Waals surface area contributed by atoms with Crippen molar-refractivity contribution in [1.82, 2.24) is 10.2 Å². The lowest BCUT2D eigenvalue weighted by atomic mass is 9.74. The molecule has 2 aliphatic rings. The van der Waals surface area contributed by atoms with Crippen molar-refractivity contribution in [3.63, 3.8) is 0 Å². The summed E-state index contributed by atoms with van der Waals surface area (Å²) < 4.78 is 0. The van der Waals surface area contributed by atoms with Crippen molar-refractivity contribution in [2.45, 2.75) is 71.3 Å². The molecule has 0 aromatic carbocycles. The summed E-state index contributed by atoms with van der Waals surface area (Å²) in [6.07, 6.45) is 11.2. The minimum Gasteiger partial charge on any atom is -0.314 e. The Kier molecular flexibility index (Phi) is 5.50. The van der Waals surface area contributed by atoms with Gasteiger partial charge in [0.15, 0.2) is 0 Å². The maximum absolute atomic E-state index is 3.61. The molecule has 1 aliphatic carbocycles. The number of hydrogen-bond donors (Lipinski definition) is 1. The molecule has 0 unspecified atom stereocenters. The molecule has 0 radical (unpaired) electrons. The third-order valence-electron chi connectivity index (χ3n) is 5.33. The molecule has 1 aliphatic heterocycles. The highest BCUT2D eigenvalue weighted by molar-refractivity contribution is 4.84. The number of likely N-dealkylation sites (tertiary alicyclic amines) is 1. The van der Waals surface area contributed by atoms with Crippen LogP contribution in [0.5, 0.6) is 0 Å². The highest BCUT2D eigenvalue weighted by Crippen LogP contribution is 2.37. The third-order valence-corrected chi connectivity index (χ3v) is 5.33. The van der Waals surface area contributed by atoms with Gasteiger partial charge < -0.3 is 10.2 Å². The Morgan fingerprint density at radius 3 is 2.28 bits per heavy atom. The van der Waals surface area contributed by atoms with Crippen LogP contribution >= 0.6 is 0 Å². The molecular formula is C16H32N2. The van der Waals surface area contributed by atoms with Crippen LogP contribution in [-0.4, -0.2) is 37.1 Å². The molecule has 1 saturated carbocycles. The van der Waals surface area contributed by atoms with E-state index in [0.717, 1.165) is 6.04 Å². The summed E-state index contributed by atoms with van der Waals surface area (Å²) >= 11 is 0. The van der Waals surface area contributed by atoms with E-state index < -0.39 is 0 Å². The first kappa shape index (κ1) is 14.3. The number of unbranched alkanes of at least 4 members (excludes halogenated alkanes) is 1. The second-order valence-electron chi connectivity index (χ2n) is 6.48. The molecule has 0 atom stereocenters. The van der Waals surface area contributed by atoms with E-state index in [1.54, 1.807) is 0 Å². The van der Waals surface area contributed by atoms with Crippen molar-refractivity contribution in [3.05, 3.63) is 0 Å². The summed E-state index contributed by atoms with van der Waals surface area (Å²) in [6.45, 7) is 10.0.